The highest BCUT2D eigenvalue weighted by Gasteiger charge is 2.17. The van der Waals surface area contributed by atoms with E-state index in [1.54, 1.807) is 0 Å². The van der Waals surface area contributed by atoms with Gasteiger partial charge in [-0.25, -0.2) is 0 Å². The summed E-state index contributed by atoms with van der Waals surface area (Å²) in [5, 5.41) is 10.1. The van der Waals surface area contributed by atoms with Crippen LogP contribution in [0.15, 0.2) is 30.3 Å². The highest BCUT2D eigenvalue weighted by atomic mass is 16.5. The Kier molecular flexibility index (Phi) is 6.64. The van der Waals surface area contributed by atoms with Crippen molar-refractivity contribution in [1.82, 2.24) is 9.80 Å². The second-order valence-electron chi connectivity index (χ2n) is 6.11. The minimum absolute atomic E-state index is 0.363. The summed E-state index contributed by atoms with van der Waals surface area (Å²) < 4.78 is 5.69. The van der Waals surface area contributed by atoms with Crippen LogP contribution in [0.5, 0.6) is 0 Å². The van der Waals surface area contributed by atoms with Gasteiger partial charge in [0.05, 0.1) is 19.3 Å². The fourth-order valence-electron chi connectivity index (χ4n) is 2.64. The monoisotopic (exact) mass is 292 g/mol. The lowest BCUT2D eigenvalue weighted by Gasteiger charge is -2.33. The summed E-state index contributed by atoms with van der Waals surface area (Å²) in [6.45, 7) is 8.18. The number of piperazine rings is 1. The number of rotatable bonds is 7. The Bertz CT molecular complexity index is 391. The van der Waals surface area contributed by atoms with Gasteiger partial charge in [-0.05, 0) is 12.6 Å². The average Bonchev–Trinajstić information content (AvgIpc) is 2.50. The fraction of sp³-hybridized carbons (Fsp3) is 0.647. The molecule has 0 aliphatic carbocycles. The smallest absolute Gasteiger partial charge is 0.0900 e. The number of hydrogen-bond donors (Lipinski definition) is 1. The Morgan fingerprint density at radius 2 is 1.76 bits per heavy atom. The molecule has 4 heteroatoms. The normalized spacial score (nSPS) is 20.3. The molecule has 1 aliphatic heterocycles. The second kappa shape index (κ2) is 8.49. The standard InChI is InChI=1S/C17H28N2O2/c1-15(16-6-4-3-5-7-16)13-21-14-17(20)12-19-10-8-18(2)9-11-19/h3-7,15,17,20H,8-14H2,1-2H3/t15-,17-/m1/s1. The molecule has 2 atom stereocenters. The molecule has 0 bridgehead atoms. The minimum Gasteiger partial charge on any atom is -0.389 e. The van der Waals surface area contributed by atoms with Crippen LogP contribution in [0.2, 0.25) is 0 Å². The molecule has 0 amide bonds. The number of likely N-dealkylation sites (N-methyl/N-ethyl adjacent to an activating group) is 1. The first-order chi connectivity index (χ1) is 10.1. The first kappa shape index (κ1) is 16.4. The lowest BCUT2D eigenvalue weighted by molar-refractivity contribution is 0.00584. The van der Waals surface area contributed by atoms with Crippen LogP contribution in [-0.2, 0) is 4.74 Å². The number of aliphatic hydroxyl groups is 1. The Hall–Kier alpha value is -0.940. The first-order valence-corrected chi connectivity index (χ1v) is 7.87. The molecule has 1 saturated heterocycles. The molecule has 1 heterocycles. The van der Waals surface area contributed by atoms with Gasteiger partial charge in [0, 0.05) is 38.6 Å². The van der Waals surface area contributed by atoms with E-state index in [4.69, 9.17) is 4.74 Å². The molecular weight excluding hydrogens is 264 g/mol. The Morgan fingerprint density at radius 3 is 2.43 bits per heavy atom. The molecule has 4 nitrogen and oxygen atoms in total. The zero-order valence-electron chi connectivity index (χ0n) is 13.2. The Labute approximate surface area is 128 Å². The molecule has 0 unspecified atom stereocenters. The molecule has 0 saturated carbocycles. The molecular formula is C17H28N2O2. The highest BCUT2D eigenvalue weighted by Crippen LogP contribution is 2.14. The van der Waals surface area contributed by atoms with Crippen LogP contribution in [0, 0.1) is 0 Å². The third kappa shape index (κ3) is 5.75. The molecule has 1 fully saturated rings. The average molecular weight is 292 g/mol. The van der Waals surface area contributed by atoms with Crippen molar-refractivity contribution < 1.29 is 9.84 Å². The van der Waals surface area contributed by atoms with Gasteiger partial charge in [0.1, 0.15) is 0 Å². The molecule has 21 heavy (non-hydrogen) atoms. The third-order valence-corrected chi connectivity index (χ3v) is 4.11. The van der Waals surface area contributed by atoms with E-state index < -0.39 is 6.10 Å². The van der Waals surface area contributed by atoms with Crippen LogP contribution in [0.25, 0.3) is 0 Å². The van der Waals surface area contributed by atoms with E-state index in [2.05, 4.69) is 35.9 Å². The van der Waals surface area contributed by atoms with Crippen molar-refractivity contribution in [2.75, 3.05) is 53.0 Å². The lowest BCUT2D eigenvalue weighted by atomic mass is 10.0. The maximum absolute atomic E-state index is 10.1. The topological polar surface area (TPSA) is 35.9 Å². The molecule has 1 aliphatic rings. The summed E-state index contributed by atoms with van der Waals surface area (Å²) in [5.74, 6) is 0.363. The van der Waals surface area contributed by atoms with Crippen LogP contribution < -0.4 is 0 Å². The highest BCUT2D eigenvalue weighted by molar-refractivity contribution is 5.18. The maximum atomic E-state index is 10.1. The molecule has 0 radical (unpaired) electrons. The lowest BCUT2D eigenvalue weighted by Crippen LogP contribution is -2.47. The summed E-state index contributed by atoms with van der Waals surface area (Å²) in [6.07, 6.45) is -0.392. The van der Waals surface area contributed by atoms with Crippen molar-refractivity contribution in [3.63, 3.8) is 0 Å². The van der Waals surface area contributed by atoms with Crippen molar-refractivity contribution in [2.45, 2.75) is 18.9 Å². The van der Waals surface area contributed by atoms with Crippen LogP contribution in [0.4, 0.5) is 0 Å². The van der Waals surface area contributed by atoms with E-state index in [0.29, 0.717) is 25.7 Å². The number of benzene rings is 1. The molecule has 0 spiro atoms. The van der Waals surface area contributed by atoms with Crippen molar-refractivity contribution in [2.24, 2.45) is 0 Å². The number of nitrogens with zero attached hydrogens (tertiary/aromatic N) is 2. The maximum Gasteiger partial charge on any atom is 0.0900 e. The quantitative estimate of drug-likeness (QED) is 0.824. The van der Waals surface area contributed by atoms with E-state index in [1.807, 2.05) is 18.2 Å². The molecule has 1 N–H and O–H groups in total. The predicted octanol–water partition coefficient (Wildman–Crippen LogP) is 1.42. The van der Waals surface area contributed by atoms with Gasteiger partial charge in [0.15, 0.2) is 0 Å². The summed E-state index contributed by atoms with van der Waals surface area (Å²) >= 11 is 0. The molecule has 2 rings (SSSR count). The SMILES string of the molecule is C[C@H](COC[C@H](O)CN1CCN(C)CC1)c1ccccc1. The van der Waals surface area contributed by atoms with E-state index in [9.17, 15) is 5.11 Å². The Balaban J connectivity index is 1.62. The first-order valence-electron chi connectivity index (χ1n) is 7.87. The van der Waals surface area contributed by atoms with Gasteiger partial charge < -0.3 is 14.7 Å². The zero-order valence-corrected chi connectivity index (χ0v) is 13.2. The van der Waals surface area contributed by atoms with E-state index >= 15 is 0 Å². The van der Waals surface area contributed by atoms with Crippen molar-refractivity contribution >= 4 is 0 Å². The van der Waals surface area contributed by atoms with E-state index in [0.717, 1.165) is 26.2 Å². The number of ether oxygens (including phenoxy) is 1. The van der Waals surface area contributed by atoms with Crippen LogP contribution in [-0.4, -0.2) is 74.0 Å². The predicted molar refractivity (Wildman–Crippen MR) is 85.6 cm³/mol. The molecule has 1 aromatic rings. The van der Waals surface area contributed by atoms with Crippen LogP contribution in [0.3, 0.4) is 0 Å². The summed E-state index contributed by atoms with van der Waals surface area (Å²) in [5.41, 5.74) is 1.28. The van der Waals surface area contributed by atoms with Crippen molar-refractivity contribution in [3.05, 3.63) is 35.9 Å². The van der Waals surface area contributed by atoms with Gasteiger partial charge in [0.25, 0.3) is 0 Å². The number of aliphatic hydroxyl groups excluding tert-OH is 1. The zero-order chi connectivity index (χ0) is 15.1. The van der Waals surface area contributed by atoms with Gasteiger partial charge in [-0.2, -0.15) is 0 Å². The largest absolute Gasteiger partial charge is 0.389 e. The summed E-state index contributed by atoms with van der Waals surface area (Å²) in [6, 6.07) is 10.4. The van der Waals surface area contributed by atoms with Gasteiger partial charge >= 0.3 is 0 Å². The van der Waals surface area contributed by atoms with Gasteiger partial charge in [0.2, 0.25) is 0 Å². The molecule has 0 aromatic heterocycles. The van der Waals surface area contributed by atoms with Crippen LogP contribution >= 0.6 is 0 Å². The fourth-order valence-corrected chi connectivity index (χ4v) is 2.64. The Morgan fingerprint density at radius 1 is 1.10 bits per heavy atom. The minimum atomic E-state index is -0.392. The van der Waals surface area contributed by atoms with Crippen molar-refractivity contribution in [3.8, 4) is 0 Å². The molecule has 1 aromatic carbocycles. The molecule has 118 valence electrons. The third-order valence-electron chi connectivity index (χ3n) is 4.11. The van der Waals surface area contributed by atoms with Gasteiger partial charge in [-0.3, -0.25) is 4.90 Å². The van der Waals surface area contributed by atoms with Crippen molar-refractivity contribution in [1.29, 1.82) is 0 Å². The number of β-amino-alcohol motifs (C(OH)–C–C–N with tert-alkyl or cyclic N) is 1. The van der Waals surface area contributed by atoms with Crippen LogP contribution in [0.1, 0.15) is 18.4 Å². The second-order valence-corrected chi connectivity index (χ2v) is 6.11. The van der Waals surface area contributed by atoms with E-state index in [-0.39, 0.29) is 0 Å². The summed E-state index contributed by atoms with van der Waals surface area (Å²) in [4.78, 5) is 4.63. The summed E-state index contributed by atoms with van der Waals surface area (Å²) in [7, 11) is 2.14. The van der Waals surface area contributed by atoms with Gasteiger partial charge in [-0.15, -0.1) is 0 Å². The van der Waals surface area contributed by atoms with E-state index in [1.165, 1.54) is 5.56 Å². The van der Waals surface area contributed by atoms with Gasteiger partial charge in [-0.1, -0.05) is 37.3 Å². The number of hydrogen-bond acceptors (Lipinski definition) is 4.